The van der Waals surface area contributed by atoms with Crippen molar-refractivity contribution in [3.8, 4) is 0 Å². The van der Waals surface area contributed by atoms with E-state index in [4.69, 9.17) is 5.73 Å². The second kappa shape index (κ2) is 6.68. The number of nitrogens with two attached hydrogens (primary N) is 1. The Bertz CT molecular complexity index is 627. The topological polar surface area (TPSA) is 76.2 Å². The smallest absolute Gasteiger partial charge is 0.329 e. The van der Waals surface area contributed by atoms with E-state index in [1.54, 1.807) is 6.07 Å². The zero-order chi connectivity index (χ0) is 15.3. The van der Waals surface area contributed by atoms with Gasteiger partial charge in [0.1, 0.15) is 0 Å². The van der Waals surface area contributed by atoms with Gasteiger partial charge in [0.15, 0.2) is 5.54 Å². The van der Waals surface area contributed by atoms with Crippen LogP contribution in [0.1, 0.15) is 44.7 Å². The van der Waals surface area contributed by atoms with E-state index in [-0.39, 0.29) is 0 Å². The fourth-order valence-electron chi connectivity index (χ4n) is 2.49. The van der Waals surface area contributed by atoms with Gasteiger partial charge in [-0.2, -0.15) is 0 Å². The highest BCUT2D eigenvalue weighted by Crippen LogP contribution is 2.26. The highest BCUT2D eigenvalue weighted by molar-refractivity contribution is 5.83. The van der Waals surface area contributed by atoms with Crippen molar-refractivity contribution in [3.63, 3.8) is 0 Å². The maximum Gasteiger partial charge on any atom is 0.329 e. The Morgan fingerprint density at radius 2 is 1.95 bits per heavy atom. The summed E-state index contributed by atoms with van der Waals surface area (Å²) in [6.07, 6.45) is 4.41. The van der Waals surface area contributed by atoms with Gasteiger partial charge in [-0.1, -0.05) is 56.9 Å². The van der Waals surface area contributed by atoms with Crippen molar-refractivity contribution in [1.82, 2.24) is 4.98 Å². The Hall–Kier alpha value is -1.94. The van der Waals surface area contributed by atoms with E-state index in [2.05, 4.69) is 11.9 Å². The lowest BCUT2D eigenvalue weighted by atomic mass is 9.89. The Balaban J connectivity index is 2.28. The van der Waals surface area contributed by atoms with Gasteiger partial charge in [-0.15, -0.1) is 0 Å². The number of benzene rings is 1. The molecule has 21 heavy (non-hydrogen) atoms. The van der Waals surface area contributed by atoms with Crippen LogP contribution < -0.4 is 5.73 Å². The van der Waals surface area contributed by atoms with Crippen LogP contribution in [0.3, 0.4) is 0 Å². The number of para-hydroxylation sites is 1. The van der Waals surface area contributed by atoms with Crippen LogP contribution in [-0.4, -0.2) is 16.1 Å². The summed E-state index contributed by atoms with van der Waals surface area (Å²) >= 11 is 0. The first-order valence-electron chi connectivity index (χ1n) is 7.46. The summed E-state index contributed by atoms with van der Waals surface area (Å²) in [6.45, 7) is 2.12. The quantitative estimate of drug-likeness (QED) is 0.764. The van der Waals surface area contributed by atoms with Gasteiger partial charge in [0.25, 0.3) is 0 Å². The van der Waals surface area contributed by atoms with Crippen molar-refractivity contribution in [1.29, 1.82) is 0 Å². The van der Waals surface area contributed by atoms with Gasteiger partial charge in [0.2, 0.25) is 0 Å². The van der Waals surface area contributed by atoms with Gasteiger partial charge >= 0.3 is 5.97 Å². The number of nitrogens with zero attached hydrogens (tertiary/aromatic N) is 1. The largest absolute Gasteiger partial charge is 0.480 e. The monoisotopic (exact) mass is 286 g/mol. The Morgan fingerprint density at radius 1 is 1.19 bits per heavy atom. The van der Waals surface area contributed by atoms with E-state index in [0.29, 0.717) is 12.1 Å². The lowest BCUT2D eigenvalue weighted by Crippen LogP contribution is -2.45. The molecule has 0 aliphatic rings. The molecule has 3 N–H and O–H groups in total. The molecule has 2 aromatic rings. The highest BCUT2D eigenvalue weighted by atomic mass is 16.4. The minimum absolute atomic E-state index is 0.410. The van der Waals surface area contributed by atoms with Crippen molar-refractivity contribution in [3.05, 3.63) is 42.1 Å². The molecule has 1 heterocycles. The predicted octanol–water partition coefficient (Wildman–Crippen LogP) is 3.44. The minimum atomic E-state index is -1.40. The lowest BCUT2D eigenvalue weighted by Gasteiger charge is -2.24. The van der Waals surface area contributed by atoms with Crippen LogP contribution in [0.15, 0.2) is 36.4 Å². The molecule has 112 valence electrons. The summed E-state index contributed by atoms with van der Waals surface area (Å²) in [7, 11) is 0. The molecule has 0 saturated heterocycles. The Kier molecular flexibility index (Phi) is 4.91. The molecule has 0 aliphatic carbocycles. The average Bonchev–Trinajstić information content (AvgIpc) is 2.50. The average molecular weight is 286 g/mol. The number of fused-ring (bicyclic) bond motifs is 1. The number of carboxylic acid groups (broad SMARTS) is 1. The molecule has 0 bridgehead atoms. The van der Waals surface area contributed by atoms with Gasteiger partial charge in [0, 0.05) is 5.39 Å². The van der Waals surface area contributed by atoms with Crippen molar-refractivity contribution >= 4 is 16.9 Å². The lowest BCUT2D eigenvalue weighted by molar-refractivity contribution is -0.144. The Labute approximate surface area is 125 Å². The zero-order valence-corrected chi connectivity index (χ0v) is 12.4. The first-order valence-corrected chi connectivity index (χ1v) is 7.46. The summed E-state index contributed by atoms with van der Waals surface area (Å²) in [5.74, 6) is -1.01. The minimum Gasteiger partial charge on any atom is -0.480 e. The fraction of sp³-hybridized carbons (Fsp3) is 0.412. The molecule has 4 nitrogen and oxygen atoms in total. The standard InChI is InChI=1S/C17H22N2O2/c1-2-3-4-7-12-17(18,16(20)21)15-11-10-13-8-5-6-9-14(13)19-15/h5-6,8-11H,2-4,7,12,18H2,1H3,(H,20,21). The van der Waals surface area contributed by atoms with Crippen molar-refractivity contribution in [2.45, 2.75) is 44.6 Å². The molecule has 1 atom stereocenters. The molecule has 4 heteroatoms. The molecule has 2 rings (SSSR count). The molecule has 0 aliphatic heterocycles. The van der Waals surface area contributed by atoms with Crippen LogP contribution in [0.4, 0.5) is 0 Å². The maximum absolute atomic E-state index is 11.7. The van der Waals surface area contributed by atoms with E-state index >= 15 is 0 Å². The molecule has 1 aromatic heterocycles. The summed E-state index contributed by atoms with van der Waals surface area (Å²) in [6, 6.07) is 11.3. The predicted molar refractivity (Wildman–Crippen MR) is 84.0 cm³/mol. The molecule has 1 unspecified atom stereocenters. The van der Waals surface area contributed by atoms with E-state index in [1.165, 1.54) is 0 Å². The molecule has 0 saturated carbocycles. The van der Waals surface area contributed by atoms with Gasteiger partial charge in [0.05, 0.1) is 11.2 Å². The van der Waals surface area contributed by atoms with E-state index in [9.17, 15) is 9.90 Å². The van der Waals surface area contributed by atoms with Crippen molar-refractivity contribution < 1.29 is 9.90 Å². The summed E-state index contributed by atoms with van der Waals surface area (Å²) < 4.78 is 0. The van der Waals surface area contributed by atoms with Gasteiger partial charge in [-0.05, 0) is 18.6 Å². The molecule has 0 fully saturated rings. The number of carbonyl (C=O) groups is 1. The molecule has 1 aromatic carbocycles. The van der Waals surface area contributed by atoms with Gasteiger partial charge < -0.3 is 10.8 Å². The van der Waals surface area contributed by atoms with E-state index < -0.39 is 11.5 Å². The van der Waals surface area contributed by atoms with Gasteiger partial charge in [-0.25, -0.2) is 4.79 Å². The number of aromatic nitrogens is 1. The normalized spacial score (nSPS) is 14.0. The van der Waals surface area contributed by atoms with Crippen LogP contribution in [0, 0.1) is 0 Å². The second-order valence-corrected chi connectivity index (χ2v) is 5.48. The number of unbranched alkanes of at least 4 members (excludes halogenated alkanes) is 3. The highest BCUT2D eigenvalue weighted by Gasteiger charge is 2.37. The molecule has 0 amide bonds. The third kappa shape index (κ3) is 3.39. The number of carboxylic acids is 1. The van der Waals surface area contributed by atoms with Crippen molar-refractivity contribution in [2.75, 3.05) is 0 Å². The second-order valence-electron chi connectivity index (χ2n) is 5.48. The third-order valence-electron chi connectivity index (χ3n) is 3.86. The fourth-order valence-corrected chi connectivity index (χ4v) is 2.49. The van der Waals surface area contributed by atoms with Crippen molar-refractivity contribution in [2.24, 2.45) is 5.73 Å². The number of hydrogen-bond acceptors (Lipinski definition) is 3. The molecule has 0 spiro atoms. The summed E-state index contributed by atoms with van der Waals surface area (Å²) in [4.78, 5) is 16.1. The molecular weight excluding hydrogens is 264 g/mol. The first kappa shape index (κ1) is 15.4. The number of aliphatic carboxylic acids is 1. The maximum atomic E-state index is 11.7. The Morgan fingerprint density at radius 3 is 2.67 bits per heavy atom. The zero-order valence-electron chi connectivity index (χ0n) is 12.4. The molecule has 0 radical (unpaired) electrons. The van der Waals surface area contributed by atoms with E-state index in [0.717, 1.165) is 36.6 Å². The van der Waals surface area contributed by atoms with Crippen LogP contribution >= 0.6 is 0 Å². The third-order valence-corrected chi connectivity index (χ3v) is 3.86. The number of pyridine rings is 1. The SMILES string of the molecule is CCCCCCC(N)(C(=O)O)c1ccc2ccccc2n1. The van der Waals surface area contributed by atoms with Crippen LogP contribution in [0.5, 0.6) is 0 Å². The summed E-state index contributed by atoms with van der Waals surface area (Å²) in [5.41, 5.74) is 5.98. The van der Waals surface area contributed by atoms with E-state index in [1.807, 2.05) is 30.3 Å². The first-order chi connectivity index (χ1) is 10.1. The summed E-state index contributed by atoms with van der Waals surface area (Å²) in [5, 5.41) is 10.5. The van der Waals surface area contributed by atoms with Crippen LogP contribution in [0.2, 0.25) is 0 Å². The van der Waals surface area contributed by atoms with Crippen LogP contribution in [-0.2, 0) is 10.3 Å². The van der Waals surface area contributed by atoms with Crippen LogP contribution in [0.25, 0.3) is 10.9 Å². The number of rotatable bonds is 7. The number of hydrogen-bond donors (Lipinski definition) is 2. The molecular formula is C17H22N2O2. The van der Waals surface area contributed by atoms with Gasteiger partial charge in [-0.3, -0.25) is 4.98 Å².